The van der Waals surface area contributed by atoms with E-state index in [0.717, 1.165) is 41.9 Å². The molecule has 0 saturated carbocycles. The number of aliphatic imine (C=N–C) groups is 1. The molecule has 2 aromatic carbocycles. The zero-order chi connectivity index (χ0) is 19.6. The number of halogens is 1. The van der Waals surface area contributed by atoms with E-state index in [1.807, 2.05) is 55.5 Å². The molecule has 0 fully saturated rings. The van der Waals surface area contributed by atoms with Gasteiger partial charge in [-0.05, 0) is 42.7 Å². The number of unbranched alkanes of at least 4 members (excludes halogenated alkanes) is 1. The number of nitriles is 1. The second-order valence-electron chi connectivity index (χ2n) is 6.40. The molecule has 4 nitrogen and oxygen atoms in total. The summed E-state index contributed by atoms with van der Waals surface area (Å²) in [6.45, 7) is 4.13. The standard InChI is InChI=1S/C22H26ClN3O/c1-3-4-9-22(25-16-23)26(17(2)15-27)20-12-10-18(11-13-20)21-8-6-5-7-19(21)14-24/h5-8,10-13,17,27H,3-4,9,15-16H2,1-2H3/b25-22-. The first-order valence-electron chi connectivity index (χ1n) is 9.25. The number of rotatable bonds is 8. The van der Waals surface area contributed by atoms with Crippen molar-refractivity contribution in [3.63, 3.8) is 0 Å². The molecule has 0 spiro atoms. The van der Waals surface area contributed by atoms with Crippen molar-refractivity contribution in [2.75, 3.05) is 17.5 Å². The minimum atomic E-state index is -0.110. The van der Waals surface area contributed by atoms with E-state index in [-0.39, 0.29) is 18.7 Å². The fourth-order valence-electron chi connectivity index (χ4n) is 3.05. The molecule has 0 heterocycles. The van der Waals surface area contributed by atoms with Gasteiger partial charge in [0.2, 0.25) is 0 Å². The highest BCUT2D eigenvalue weighted by atomic mass is 35.5. The van der Waals surface area contributed by atoms with Crippen molar-refractivity contribution < 1.29 is 5.11 Å². The van der Waals surface area contributed by atoms with E-state index < -0.39 is 0 Å². The fraction of sp³-hybridized carbons (Fsp3) is 0.364. The Bertz CT molecular complexity index is 796. The van der Waals surface area contributed by atoms with Gasteiger partial charge in [-0.15, -0.1) is 11.6 Å². The van der Waals surface area contributed by atoms with Crippen molar-refractivity contribution in [1.82, 2.24) is 0 Å². The van der Waals surface area contributed by atoms with Crippen LogP contribution in [0.25, 0.3) is 11.1 Å². The van der Waals surface area contributed by atoms with E-state index in [9.17, 15) is 10.4 Å². The minimum Gasteiger partial charge on any atom is -0.394 e. The van der Waals surface area contributed by atoms with E-state index in [1.54, 1.807) is 0 Å². The van der Waals surface area contributed by atoms with Gasteiger partial charge in [-0.1, -0.05) is 43.7 Å². The Balaban J connectivity index is 2.40. The molecule has 0 bridgehead atoms. The van der Waals surface area contributed by atoms with E-state index in [2.05, 4.69) is 22.9 Å². The number of aliphatic hydroxyl groups is 1. The van der Waals surface area contributed by atoms with Crippen LogP contribution in [-0.4, -0.2) is 29.6 Å². The number of hydrogen-bond acceptors (Lipinski definition) is 3. The number of aliphatic hydroxyl groups excluding tert-OH is 1. The van der Waals surface area contributed by atoms with Crippen molar-refractivity contribution in [3.8, 4) is 17.2 Å². The maximum absolute atomic E-state index is 9.74. The average molecular weight is 384 g/mol. The molecule has 0 aliphatic heterocycles. The second kappa shape index (κ2) is 10.7. The van der Waals surface area contributed by atoms with Gasteiger partial charge in [-0.3, -0.25) is 4.99 Å². The highest BCUT2D eigenvalue weighted by Gasteiger charge is 2.19. The number of amidine groups is 1. The molecule has 0 radical (unpaired) electrons. The number of hydrogen-bond donors (Lipinski definition) is 1. The van der Waals surface area contributed by atoms with E-state index in [0.29, 0.717) is 5.56 Å². The van der Waals surface area contributed by atoms with E-state index in [4.69, 9.17) is 11.6 Å². The van der Waals surface area contributed by atoms with Gasteiger partial charge < -0.3 is 10.0 Å². The van der Waals surface area contributed by atoms with Crippen LogP contribution in [-0.2, 0) is 0 Å². The number of alkyl halides is 1. The van der Waals surface area contributed by atoms with Gasteiger partial charge in [0.25, 0.3) is 0 Å². The summed E-state index contributed by atoms with van der Waals surface area (Å²) in [7, 11) is 0. The highest BCUT2D eigenvalue weighted by molar-refractivity contribution is 6.18. The van der Waals surface area contributed by atoms with Gasteiger partial charge in [0.05, 0.1) is 24.3 Å². The maximum atomic E-state index is 9.74. The Hall–Kier alpha value is -2.35. The molecule has 0 amide bonds. The maximum Gasteiger partial charge on any atom is 0.115 e. The third kappa shape index (κ3) is 5.32. The number of benzene rings is 2. The van der Waals surface area contributed by atoms with Gasteiger partial charge in [0, 0.05) is 12.1 Å². The largest absolute Gasteiger partial charge is 0.394 e. The van der Waals surface area contributed by atoms with Gasteiger partial charge in [-0.25, -0.2) is 0 Å². The zero-order valence-electron chi connectivity index (χ0n) is 15.9. The first-order chi connectivity index (χ1) is 13.2. The van der Waals surface area contributed by atoms with Gasteiger partial charge in [0.1, 0.15) is 11.8 Å². The molecule has 1 unspecified atom stereocenters. The molecule has 1 atom stereocenters. The predicted molar refractivity (Wildman–Crippen MR) is 113 cm³/mol. The van der Waals surface area contributed by atoms with Crippen LogP contribution in [0.3, 0.4) is 0 Å². The average Bonchev–Trinajstić information content (AvgIpc) is 2.72. The summed E-state index contributed by atoms with van der Waals surface area (Å²) in [6, 6.07) is 17.9. The predicted octanol–water partition coefficient (Wildman–Crippen LogP) is 5.20. The summed E-state index contributed by atoms with van der Waals surface area (Å²) in [6.07, 6.45) is 2.89. The van der Waals surface area contributed by atoms with Crippen LogP contribution >= 0.6 is 11.6 Å². The summed E-state index contributed by atoms with van der Waals surface area (Å²) in [5, 5.41) is 19.1. The molecule has 27 heavy (non-hydrogen) atoms. The van der Waals surface area contributed by atoms with Crippen molar-refractivity contribution in [2.45, 2.75) is 39.2 Å². The van der Waals surface area contributed by atoms with Crippen LogP contribution in [0.4, 0.5) is 5.69 Å². The molecule has 0 aromatic heterocycles. The first-order valence-corrected chi connectivity index (χ1v) is 9.78. The monoisotopic (exact) mass is 383 g/mol. The van der Waals surface area contributed by atoms with Crippen LogP contribution in [0, 0.1) is 11.3 Å². The molecular formula is C22H26ClN3O. The normalized spacial score (nSPS) is 12.5. The lowest BCUT2D eigenvalue weighted by Crippen LogP contribution is -2.41. The molecule has 0 saturated heterocycles. The lowest BCUT2D eigenvalue weighted by molar-refractivity contribution is 0.273. The van der Waals surface area contributed by atoms with Gasteiger partial charge >= 0.3 is 0 Å². The lowest BCUT2D eigenvalue weighted by atomic mass is 10.00. The first kappa shape index (κ1) is 21.0. The van der Waals surface area contributed by atoms with E-state index in [1.165, 1.54) is 0 Å². The Labute approximate surface area is 166 Å². The molecule has 142 valence electrons. The summed E-state index contributed by atoms with van der Waals surface area (Å²) >= 11 is 5.89. The van der Waals surface area contributed by atoms with Crippen LogP contribution in [0.5, 0.6) is 0 Å². The third-order valence-corrected chi connectivity index (χ3v) is 4.60. The van der Waals surface area contributed by atoms with Crippen LogP contribution in [0.2, 0.25) is 0 Å². The molecule has 0 aliphatic carbocycles. The molecule has 1 N–H and O–H groups in total. The van der Waals surface area contributed by atoms with Crippen LogP contribution in [0.15, 0.2) is 53.5 Å². The molecular weight excluding hydrogens is 358 g/mol. The van der Waals surface area contributed by atoms with E-state index >= 15 is 0 Å². The Morgan fingerprint density at radius 2 is 1.93 bits per heavy atom. The topological polar surface area (TPSA) is 59.6 Å². The van der Waals surface area contributed by atoms with Crippen LogP contribution < -0.4 is 4.90 Å². The Kier molecular flexibility index (Phi) is 8.32. The minimum absolute atomic E-state index is 0.0203. The molecule has 2 rings (SSSR count). The molecule has 5 heteroatoms. The van der Waals surface area contributed by atoms with Gasteiger partial charge in [-0.2, -0.15) is 5.26 Å². The smallest absolute Gasteiger partial charge is 0.115 e. The van der Waals surface area contributed by atoms with Crippen molar-refractivity contribution >= 4 is 23.1 Å². The van der Waals surface area contributed by atoms with Crippen molar-refractivity contribution in [1.29, 1.82) is 5.26 Å². The molecule has 0 aliphatic rings. The van der Waals surface area contributed by atoms with Crippen molar-refractivity contribution in [3.05, 3.63) is 54.1 Å². The summed E-state index contributed by atoms with van der Waals surface area (Å²) in [5.74, 6) is 0.888. The summed E-state index contributed by atoms with van der Waals surface area (Å²) in [5.41, 5.74) is 3.50. The third-order valence-electron chi connectivity index (χ3n) is 4.48. The number of nitrogens with zero attached hydrogens (tertiary/aromatic N) is 3. The Morgan fingerprint density at radius 1 is 1.22 bits per heavy atom. The SMILES string of the molecule is CCCC/C(=N/CCl)N(c1ccc(-c2ccccc2C#N)cc1)C(C)CO. The van der Waals surface area contributed by atoms with Gasteiger partial charge in [0.15, 0.2) is 0 Å². The summed E-state index contributed by atoms with van der Waals surface area (Å²) in [4.78, 5) is 6.52. The highest BCUT2D eigenvalue weighted by Crippen LogP contribution is 2.27. The van der Waals surface area contributed by atoms with Crippen LogP contribution in [0.1, 0.15) is 38.7 Å². The van der Waals surface area contributed by atoms with Crippen molar-refractivity contribution in [2.24, 2.45) is 4.99 Å². The lowest BCUT2D eigenvalue weighted by Gasteiger charge is -2.31. The quantitative estimate of drug-likeness (QED) is 0.295. The Morgan fingerprint density at radius 3 is 2.52 bits per heavy atom. The second-order valence-corrected chi connectivity index (χ2v) is 6.64. The fourth-order valence-corrected chi connectivity index (χ4v) is 3.19. The summed E-state index contributed by atoms with van der Waals surface area (Å²) < 4.78 is 0. The zero-order valence-corrected chi connectivity index (χ0v) is 16.7. The molecule has 2 aromatic rings. The number of anilines is 1.